The van der Waals surface area contributed by atoms with Crippen molar-refractivity contribution in [2.45, 2.75) is 44.6 Å². The number of urea groups is 1. The highest BCUT2D eigenvalue weighted by Crippen LogP contribution is 2.39. The van der Waals surface area contributed by atoms with Gasteiger partial charge in [-0.3, -0.25) is 19.2 Å². The van der Waals surface area contributed by atoms with Crippen molar-refractivity contribution in [3.05, 3.63) is 17.3 Å². The highest BCUT2D eigenvalue weighted by Gasteiger charge is 2.55. The Morgan fingerprint density at radius 3 is 2.62 bits per heavy atom. The topological polar surface area (TPSA) is 100 Å². The lowest BCUT2D eigenvalue weighted by Gasteiger charge is -2.35. The molecular weight excluding hydrogens is 392 g/mol. The third-order valence-electron chi connectivity index (χ3n) is 5.83. The van der Waals surface area contributed by atoms with Crippen molar-refractivity contribution in [1.82, 2.24) is 24.6 Å². The van der Waals surface area contributed by atoms with E-state index in [0.29, 0.717) is 18.0 Å². The molecule has 0 aromatic carbocycles. The number of rotatable bonds is 4. The number of hydrogen-bond acceptors (Lipinski definition) is 6. The molecule has 4 amide bonds. The first-order chi connectivity index (χ1) is 13.8. The molecule has 2 aliphatic rings. The molecule has 2 aromatic heterocycles. The van der Waals surface area contributed by atoms with Gasteiger partial charge in [-0.2, -0.15) is 5.10 Å². The standard InChI is InChI=1S/C19H24N6O3S/c1-12-13(9-23(2)22-12)14-11-29-17(20-14)21-15(26)10-25-16(27)19(24(3)18(25)28)7-5-4-6-8-19/h9,11H,4-8,10H2,1-3H3,(H,20,21,26). The van der Waals surface area contributed by atoms with Crippen LogP contribution in [0.15, 0.2) is 11.6 Å². The Labute approximate surface area is 172 Å². The molecule has 1 aliphatic carbocycles. The number of anilines is 1. The zero-order valence-electron chi connectivity index (χ0n) is 16.8. The van der Waals surface area contributed by atoms with Crippen LogP contribution in [0.4, 0.5) is 9.93 Å². The summed E-state index contributed by atoms with van der Waals surface area (Å²) in [5.41, 5.74) is 1.70. The number of likely N-dealkylation sites (N-methyl/N-ethyl adjacent to an activating group) is 1. The van der Waals surface area contributed by atoms with E-state index in [2.05, 4.69) is 15.4 Å². The summed E-state index contributed by atoms with van der Waals surface area (Å²) in [5, 5.41) is 9.28. The Morgan fingerprint density at radius 2 is 1.97 bits per heavy atom. The Morgan fingerprint density at radius 1 is 1.24 bits per heavy atom. The van der Waals surface area contributed by atoms with Crippen molar-refractivity contribution >= 4 is 34.3 Å². The molecule has 1 spiro atoms. The minimum Gasteiger partial charge on any atom is -0.313 e. The number of aryl methyl sites for hydroxylation is 2. The van der Waals surface area contributed by atoms with Crippen LogP contribution >= 0.6 is 11.3 Å². The third-order valence-corrected chi connectivity index (χ3v) is 6.58. The lowest BCUT2D eigenvalue weighted by molar-refractivity contribution is -0.136. The Balaban J connectivity index is 1.44. The van der Waals surface area contributed by atoms with Crippen molar-refractivity contribution < 1.29 is 14.4 Å². The van der Waals surface area contributed by atoms with Crippen molar-refractivity contribution in [3.8, 4) is 11.3 Å². The van der Waals surface area contributed by atoms with Crippen LogP contribution < -0.4 is 5.32 Å². The maximum Gasteiger partial charge on any atom is 0.327 e. The van der Waals surface area contributed by atoms with Crippen LogP contribution in [0.3, 0.4) is 0 Å². The SMILES string of the molecule is Cc1nn(C)cc1-c1csc(NC(=O)CN2C(=O)N(C)C3(CCCCC3)C2=O)n1. The summed E-state index contributed by atoms with van der Waals surface area (Å²) < 4.78 is 1.71. The van der Waals surface area contributed by atoms with Crippen molar-refractivity contribution in [1.29, 1.82) is 0 Å². The predicted molar refractivity (Wildman–Crippen MR) is 108 cm³/mol. The highest BCUT2D eigenvalue weighted by atomic mass is 32.1. The van der Waals surface area contributed by atoms with E-state index >= 15 is 0 Å². The van der Waals surface area contributed by atoms with Gasteiger partial charge in [-0.15, -0.1) is 11.3 Å². The van der Waals surface area contributed by atoms with Crippen LogP contribution in [-0.4, -0.2) is 61.5 Å². The molecule has 0 radical (unpaired) electrons. The maximum absolute atomic E-state index is 13.0. The molecule has 10 heteroatoms. The van der Waals surface area contributed by atoms with Crippen molar-refractivity contribution in [2.75, 3.05) is 18.9 Å². The molecule has 1 saturated heterocycles. The second kappa shape index (κ2) is 7.25. The number of thiazole rings is 1. The molecule has 1 N–H and O–H groups in total. The average molecular weight is 417 g/mol. The van der Waals surface area contributed by atoms with Crippen molar-refractivity contribution in [2.24, 2.45) is 7.05 Å². The second-order valence-electron chi connectivity index (χ2n) is 7.71. The van der Waals surface area contributed by atoms with Crippen molar-refractivity contribution in [3.63, 3.8) is 0 Å². The molecule has 9 nitrogen and oxygen atoms in total. The van der Waals surface area contributed by atoms with Gasteiger partial charge in [-0.1, -0.05) is 19.3 Å². The van der Waals surface area contributed by atoms with Gasteiger partial charge in [0.1, 0.15) is 12.1 Å². The van der Waals surface area contributed by atoms with Gasteiger partial charge in [0.15, 0.2) is 5.13 Å². The molecule has 0 unspecified atom stereocenters. The summed E-state index contributed by atoms with van der Waals surface area (Å²) in [6, 6.07) is -0.405. The van der Waals surface area contributed by atoms with E-state index in [-0.39, 0.29) is 12.5 Å². The van der Waals surface area contributed by atoms with Crippen LogP contribution in [0.1, 0.15) is 37.8 Å². The van der Waals surface area contributed by atoms with Crippen LogP contribution in [-0.2, 0) is 16.6 Å². The summed E-state index contributed by atoms with van der Waals surface area (Å²) in [5.74, 6) is -0.692. The van der Waals surface area contributed by atoms with E-state index in [1.807, 2.05) is 25.5 Å². The Kier molecular flexibility index (Phi) is 4.89. The van der Waals surface area contributed by atoms with E-state index in [1.54, 1.807) is 11.7 Å². The molecule has 3 heterocycles. The third kappa shape index (κ3) is 3.31. The van der Waals surface area contributed by atoms with Crippen LogP contribution in [0.2, 0.25) is 0 Å². The van der Waals surface area contributed by atoms with Gasteiger partial charge in [0, 0.05) is 31.2 Å². The fourth-order valence-corrected chi connectivity index (χ4v) is 5.01. The van der Waals surface area contributed by atoms with Gasteiger partial charge < -0.3 is 10.2 Å². The zero-order chi connectivity index (χ0) is 20.8. The molecule has 1 aliphatic heterocycles. The lowest BCUT2D eigenvalue weighted by atomic mass is 9.81. The number of carbonyl (C=O) groups excluding carboxylic acids is 3. The fraction of sp³-hybridized carbons (Fsp3) is 0.526. The fourth-order valence-electron chi connectivity index (χ4n) is 4.28. The Bertz CT molecular complexity index is 975. The van der Waals surface area contributed by atoms with Crippen LogP contribution in [0.25, 0.3) is 11.3 Å². The zero-order valence-corrected chi connectivity index (χ0v) is 17.6. The van der Waals surface area contributed by atoms with E-state index in [9.17, 15) is 14.4 Å². The Hall–Kier alpha value is -2.75. The molecule has 154 valence electrons. The summed E-state index contributed by atoms with van der Waals surface area (Å²) in [7, 11) is 3.50. The first-order valence-corrected chi connectivity index (χ1v) is 10.6. The van der Waals surface area contributed by atoms with Gasteiger partial charge in [-0.05, 0) is 19.8 Å². The maximum atomic E-state index is 13.0. The number of amides is 4. The number of aromatic nitrogens is 3. The summed E-state index contributed by atoms with van der Waals surface area (Å²) >= 11 is 1.29. The normalized spacial score (nSPS) is 18.7. The van der Waals surface area contributed by atoms with E-state index < -0.39 is 17.5 Å². The number of imide groups is 1. The van der Waals surface area contributed by atoms with Gasteiger partial charge in [0.05, 0.1) is 11.4 Å². The van der Waals surface area contributed by atoms with E-state index in [0.717, 1.165) is 41.1 Å². The van der Waals surface area contributed by atoms with Crippen LogP contribution in [0, 0.1) is 6.92 Å². The first kappa shape index (κ1) is 19.6. The molecule has 0 bridgehead atoms. The van der Waals surface area contributed by atoms with Gasteiger partial charge in [-0.25, -0.2) is 9.78 Å². The smallest absolute Gasteiger partial charge is 0.313 e. The van der Waals surface area contributed by atoms with E-state index in [1.165, 1.54) is 16.2 Å². The van der Waals surface area contributed by atoms with Gasteiger partial charge in [0.25, 0.3) is 5.91 Å². The minimum atomic E-state index is -0.776. The lowest BCUT2D eigenvalue weighted by Crippen LogP contribution is -2.49. The van der Waals surface area contributed by atoms with Crippen LogP contribution in [0.5, 0.6) is 0 Å². The number of nitrogens with one attached hydrogen (secondary N) is 1. The molecule has 2 fully saturated rings. The second-order valence-corrected chi connectivity index (χ2v) is 8.57. The largest absolute Gasteiger partial charge is 0.327 e. The van der Waals surface area contributed by atoms with E-state index in [4.69, 9.17) is 0 Å². The van der Waals surface area contributed by atoms with Gasteiger partial charge in [0.2, 0.25) is 5.91 Å². The summed E-state index contributed by atoms with van der Waals surface area (Å²) in [4.78, 5) is 45.2. The number of hydrogen-bond donors (Lipinski definition) is 1. The first-order valence-electron chi connectivity index (χ1n) is 9.67. The summed E-state index contributed by atoms with van der Waals surface area (Å²) in [6.07, 6.45) is 6.09. The summed E-state index contributed by atoms with van der Waals surface area (Å²) in [6.45, 7) is 1.60. The van der Waals surface area contributed by atoms with Gasteiger partial charge >= 0.3 is 6.03 Å². The molecule has 4 rings (SSSR count). The molecule has 29 heavy (non-hydrogen) atoms. The molecule has 2 aromatic rings. The molecule has 0 atom stereocenters. The molecular formula is C19H24N6O3S. The predicted octanol–water partition coefficient (Wildman–Crippen LogP) is 2.39. The average Bonchev–Trinajstić information content (AvgIpc) is 3.33. The number of nitrogens with zero attached hydrogens (tertiary/aromatic N) is 5. The number of carbonyl (C=O) groups is 3. The highest BCUT2D eigenvalue weighted by molar-refractivity contribution is 7.14. The monoisotopic (exact) mass is 416 g/mol. The minimum absolute atomic E-state index is 0.259. The quantitative estimate of drug-likeness (QED) is 0.772. The molecule has 1 saturated carbocycles.